The summed E-state index contributed by atoms with van der Waals surface area (Å²) in [4.78, 5) is 15.0. The molecule has 0 aliphatic carbocycles. The molecular formula is C25H25ClF3N3O3S2. The Morgan fingerprint density at radius 2 is 1.76 bits per heavy atom. The number of hydrogen-bond donors (Lipinski definition) is 2. The fraction of sp³-hybridized carbons (Fsp3) is 0.320. The minimum Gasteiger partial charge on any atom is -0.347 e. The highest BCUT2D eigenvalue weighted by atomic mass is 35.5. The molecule has 6 nitrogen and oxygen atoms in total. The normalized spacial score (nSPS) is 17.0. The quantitative estimate of drug-likeness (QED) is 0.385. The molecule has 4 rings (SSSR count). The summed E-state index contributed by atoms with van der Waals surface area (Å²) in [5, 5.41) is 3.29. The third kappa shape index (κ3) is 7.55. The Kier molecular flexibility index (Phi) is 8.59. The predicted molar refractivity (Wildman–Crippen MR) is 137 cm³/mol. The summed E-state index contributed by atoms with van der Waals surface area (Å²) < 4.78 is 67.2. The van der Waals surface area contributed by atoms with E-state index in [2.05, 4.69) is 10.0 Å². The summed E-state index contributed by atoms with van der Waals surface area (Å²) in [6, 6.07) is 14.3. The zero-order valence-corrected chi connectivity index (χ0v) is 22.0. The van der Waals surface area contributed by atoms with Gasteiger partial charge < -0.3 is 5.32 Å². The molecule has 1 amide bonds. The lowest BCUT2D eigenvalue weighted by atomic mass is 10.1. The highest BCUT2D eigenvalue weighted by molar-refractivity contribution is 7.91. The molecule has 3 aromatic rings. The first kappa shape index (κ1) is 27.6. The largest absolute Gasteiger partial charge is 0.416 e. The second-order valence-corrected chi connectivity index (χ2v) is 12.3. The van der Waals surface area contributed by atoms with Gasteiger partial charge in [-0.1, -0.05) is 23.7 Å². The van der Waals surface area contributed by atoms with Crippen molar-refractivity contribution in [2.75, 3.05) is 13.1 Å². The number of likely N-dealkylation sites (tertiary alicyclic amines) is 1. The molecule has 12 heteroatoms. The molecule has 37 heavy (non-hydrogen) atoms. The van der Waals surface area contributed by atoms with E-state index in [0.29, 0.717) is 35.0 Å². The topological polar surface area (TPSA) is 78.5 Å². The summed E-state index contributed by atoms with van der Waals surface area (Å²) in [6.07, 6.45) is -2.95. The number of amides is 1. The van der Waals surface area contributed by atoms with Crippen molar-refractivity contribution in [1.29, 1.82) is 0 Å². The van der Waals surface area contributed by atoms with Crippen molar-refractivity contribution in [2.24, 2.45) is 0 Å². The molecule has 1 saturated heterocycles. The van der Waals surface area contributed by atoms with E-state index in [1.165, 1.54) is 18.2 Å². The first-order valence-corrected chi connectivity index (χ1v) is 14.2. The summed E-state index contributed by atoms with van der Waals surface area (Å²) in [5.74, 6) is -0.289. The Labute approximate surface area is 222 Å². The van der Waals surface area contributed by atoms with Gasteiger partial charge >= 0.3 is 6.18 Å². The molecule has 1 atom stereocenters. The number of hydrogen-bond acceptors (Lipinski definition) is 5. The van der Waals surface area contributed by atoms with Gasteiger partial charge in [-0.25, -0.2) is 13.1 Å². The zero-order chi connectivity index (χ0) is 26.6. The van der Waals surface area contributed by atoms with Crippen molar-refractivity contribution in [3.05, 3.63) is 87.3 Å². The Morgan fingerprint density at radius 1 is 1.05 bits per heavy atom. The van der Waals surface area contributed by atoms with E-state index in [9.17, 15) is 26.4 Å². The van der Waals surface area contributed by atoms with E-state index >= 15 is 0 Å². The minimum absolute atomic E-state index is 0.156. The van der Waals surface area contributed by atoms with Crippen molar-refractivity contribution in [3.63, 3.8) is 0 Å². The second kappa shape index (κ2) is 11.5. The van der Waals surface area contributed by atoms with Crippen LogP contribution in [0.25, 0.3) is 0 Å². The fourth-order valence-electron chi connectivity index (χ4n) is 4.10. The van der Waals surface area contributed by atoms with Crippen molar-refractivity contribution >= 4 is 38.9 Å². The number of carbonyl (C=O) groups is 1. The van der Waals surface area contributed by atoms with Crippen LogP contribution in [0.4, 0.5) is 13.2 Å². The first-order chi connectivity index (χ1) is 17.5. The van der Waals surface area contributed by atoms with E-state index in [-0.39, 0.29) is 22.7 Å². The van der Waals surface area contributed by atoms with Gasteiger partial charge in [0.25, 0.3) is 5.91 Å². The van der Waals surface area contributed by atoms with Crippen molar-refractivity contribution in [2.45, 2.75) is 42.4 Å². The molecule has 1 aliphatic rings. The molecular weight excluding hydrogens is 547 g/mol. The predicted octanol–water partition coefficient (Wildman–Crippen LogP) is 5.29. The number of nitrogens with zero attached hydrogens (tertiary/aromatic N) is 1. The van der Waals surface area contributed by atoms with Crippen LogP contribution >= 0.6 is 22.9 Å². The van der Waals surface area contributed by atoms with Gasteiger partial charge in [0.05, 0.1) is 12.1 Å². The van der Waals surface area contributed by atoms with Gasteiger partial charge in [0, 0.05) is 34.6 Å². The van der Waals surface area contributed by atoms with Crippen LogP contribution in [-0.4, -0.2) is 38.4 Å². The maximum atomic E-state index is 13.0. The average molecular weight is 572 g/mol. The zero-order valence-electron chi connectivity index (χ0n) is 19.6. The molecule has 0 spiro atoms. The molecule has 1 aliphatic heterocycles. The number of halogens is 4. The number of carbonyl (C=O) groups excluding carboxylic acids is 1. The van der Waals surface area contributed by atoms with E-state index < -0.39 is 21.8 Å². The van der Waals surface area contributed by atoms with Crippen LogP contribution in [-0.2, 0) is 29.3 Å². The summed E-state index contributed by atoms with van der Waals surface area (Å²) in [5.41, 5.74) is 0.495. The Hall–Kier alpha value is -2.44. The van der Waals surface area contributed by atoms with E-state index in [4.69, 9.17) is 11.6 Å². The van der Waals surface area contributed by atoms with Crippen molar-refractivity contribution in [1.82, 2.24) is 14.9 Å². The van der Waals surface area contributed by atoms with Crippen LogP contribution in [0.2, 0.25) is 5.02 Å². The van der Waals surface area contributed by atoms with Gasteiger partial charge in [-0.3, -0.25) is 9.69 Å². The second-order valence-electron chi connectivity index (χ2n) is 8.80. The number of sulfonamides is 1. The molecule has 1 unspecified atom stereocenters. The average Bonchev–Trinajstić information content (AvgIpc) is 3.33. The lowest BCUT2D eigenvalue weighted by Gasteiger charge is -2.33. The summed E-state index contributed by atoms with van der Waals surface area (Å²) >= 11 is 6.92. The summed E-state index contributed by atoms with van der Waals surface area (Å²) in [6.45, 7) is 1.81. The highest BCUT2D eigenvalue weighted by Gasteiger charge is 2.30. The molecule has 1 fully saturated rings. The van der Waals surface area contributed by atoms with Crippen LogP contribution < -0.4 is 10.0 Å². The van der Waals surface area contributed by atoms with Crippen LogP contribution in [0.1, 0.15) is 39.2 Å². The lowest BCUT2D eigenvalue weighted by molar-refractivity contribution is -0.137. The van der Waals surface area contributed by atoms with Gasteiger partial charge in [-0.05, 0) is 73.5 Å². The lowest BCUT2D eigenvalue weighted by Crippen LogP contribution is -2.47. The number of nitrogens with one attached hydrogen (secondary N) is 2. The Balaban J connectivity index is 1.31. The third-order valence-corrected chi connectivity index (χ3v) is 9.30. The van der Waals surface area contributed by atoms with Crippen LogP contribution in [0.3, 0.4) is 0 Å². The molecule has 2 aromatic carbocycles. The number of piperidine rings is 1. The fourth-order valence-corrected chi connectivity index (χ4v) is 6.80. The maximum Gasteiger partial charge on any atom is 0.416 e. The van der Waals surface area contributed by atoms with E-state index in [1.807, 2.05) is 4.90 Å². The Bertz CT molecular complexity index is 1330. The molecule has 0 saturated carbocycles. The molecule has 0 bridgehead atoms. The smallest absolute Gasteiger partial charge is 0.347 e. The molecule has 198 valence electrons. The number of thiophene rings is 1. The number of benzene rings is 2. The van der Waals surface area contributed by atoms with Crippen molar-refractivity contribution in [3.8, 4) is 0 Å². The molecule has 1 aromatic heterocycles. The van der Waals surface area contributed by atoms with Crippen LogP contribution in [0.5, 0.6) is 0 Å². The maximum absolute atomic E-state index is 13.0. The van der Waals surface area contributed by atoms with E-state index in [1.54, 1.807) is 30.3 Å². The third-order valence-electron chi connectivity index (χ3n) is 5.95. The van der Waals surface area contributed by atoms with Gasteiger partial charge in [0.15, 0.2) is 0 Å². The SMILES string of the molecule is O=C(NCc1ccc(S(=O)(=O)NC2CCCN(Cc3ccc(C(F)(F)F)cc3)C2)s1)c1ccc(Cl)cc1. The number of rotatable bonds is 8. The molecule has 2 heterocycles. The molecule has 2 N–H and O–H groups in total. The van der Waals surface area contributed by atoms with Crippen LogP contribution in [0, 0.1) is 0 Å². The van der Waals surface area contributed by atoms with Gasteiger partial charge in [0.2, 0.25) is 10.0 Å². The minimum atomic E-state index is -4.38. The van der Waals surface area contributed by atoms with Crippen molar-refractivity contribution < 1.29 is 26.4 Å². The van der Waals surface area contributed by atoms with Gasteiger partial charge in [0.1, 0.15) is 4.21 Å². The first-order valence-electron chi connectivity index (χ1n) is 11.5. The number of alkyl halides is 3. The monoisotopic (exact) mass is 571 g/mol. The standard InChI is InChI=1S/C25H25ClF3N3O3S2/c26-20-9-5-18(6-10-20)24(33)30-14-22-11-12-23(36-22)37(34,35)31-21-2-1-13-32(16-21)15-17-3-7-19(8-4-17)25(27,28)29/h3-12,21,31H,1-2,13-16H2,(H,30,33). The highest BCUT2D eigenvalue weighted by Crippen LogP contribution is 2.29. The molecule has 0 radical (unpaired) electrons. The van der Waals surface area contributed by atoms with Crippen LogP contribution in [0.15, 0.2) is 64.9 Å². The van der Waals surface area contributed by atoms with Gasteiger partial charge in [-0.2, -0.15) is 13.2 Å². The van der Waals surface area contributed by atoms with E-state index in [0.717, 1.165) is 42.0 Å². The Morgan fingerprint density at radius 3 is 2.43 bits per heavy atom. The van der Waals surface area contributed by atoms with Gasteiger partial charge in [-0.15, -0.1) is 11.3 Å². The summed E-state index contributed by atoms with van der Waals surface area (Å²) in [7, 11) is -3.76.